The van der Waals surface area contributed by atoms with Gasteiger partial charge in [-0.1, -0.05) is 169 Å². The second kappa shape index (κ2) is 13.2. The number of anilines is 3. The maximum atomic E-state index is 2.60. The lowest BCUT2D eigenvalue weighted by Crippen LogP contribution is -2.32. The lowest BCUT2D eigenvalue weighted by atomic mass is 9.67. The number of fused-ring (bicyclic) bond motifs is 17. The van der Waals surface area contributed by atoms with Crippen LogP contribution in [0, 0.1) is 0 Å². The molecule has 0 bridgehead atoms. The molecular weight excluding hydrogens is 781 g/mol. The number of rotatable bonds is 4. The van der Waals surface area contributed by atoms with Gasteiger partial charge < -0.3 is 9.47 Å². The van der Waals surface area contributed by atoms with Crippen LogP contribution in [0.4, 0.5) is 17.1 Å². The lowest BCUT2D eigenvalue weighted by molar-refractivity contribution is 0.723. The van der Waals surface area contributed by atoms with Gasteiger partial charge in [-0.05, 0) is 122 Å². The third kappa shape index (κ3) is 4.75. The van der Waals surface area contributed by atoms with E-state index in [9.17, 15) is 0 Å². The summed E-state index contributed by atoms with van der Waals surface area (Å²) in [5.74, 6) is 0. The van der Waals surface area contributed by atoms with Crippen LogP contribution in [0.25, 0.3) is 60.5 Å². The van der Waals surface area contributed by atoms with E-state index < -0.39 is 5.41 Å². The molecule has 14 rings (SSSR count). The monoisotopic (exact) mass is 818 g/mol. The van der Waals surface area contributed by atoms with Gasteiger partial charge in [-0.3, -0.25) is 0 Å². The molecule has 2 nitrogen and oxygen atoms in total. The van der Waals surface area contributed by atoms with E-state index in [0.29, 0.717) is 0 Å². The number of aromatic nitrogens is 1. The predicted molar refractivity (Wildman–Crippen MR) is 263 cm³/mol. The van der Waals surface area contributed by atoms with E-state index in [-0.39, 0.29) is 0 Å². The summed E-state index contributed by atoms with van der Waals surface area (Å²) >= 11 is 1.90. The first kappa shape index (κ1) is 35.1. The fraction of sp³-hybridized carbons (Fsp3) is 0.0333. The highest BCUT2D eigenvalue weighted by Gasteiger charge is 2.51. The van der Waals surface area contributed by atoms with Crippen molar-refractivity contribution in [3.8, 4) is 27.9 Å². The molecular formula is C60H38N2S. The van der Waals surface area contributed by atoms with Crippen LogP contribution in [0.5, 0.6) is 0 Å². The number of hydrogen-bond donors (Lipinski definition) is 0. The van der Waals surface area contributed by atoms with Crippen LogP contribution in [0.15, 0.2) is 228 Å². The fourth-order valence-corrected chi connectivity index (χ4v) is 12.8. The van der Waals surface area contributed by atoms with Gasteiger partial charge in [-0.2, -0.15) is 0 Å². The maximum absolute atomic E-state index is 2.60. The van der Waals surface area contributed by atoms with E-state index in [4.69, 9.17) is 0 Å². The van der Waals surface area contributed by atoms with Crippen molar-refractivity contribution in [2.24, 2.45) is 0 Å². The highest BCUT2D eigenvalue weighted by molar-refractivity contribution is 7.99. The Kier molecular flexibility index (Phi) is 7.35. The molecule has 0 N–H and O–H groups in total. The van der Waals surface area contributed by atoms with Crippen molar-refractivity contribution >= 4 is 61.4 Å². The van der Waals surface area contributed by atoms with Crippen LogP contribution >= 0.6 is 11.8 Å². The van der Waals surface area contributed by atoms with Gasteiger partial charge in [0.1, 0.15) is 0 Å². The number of nitrogens with zero attached hydrogens (tertiary/aromatic N) is 2. The minimum Gasteiger partial charge on any atom is -0.309 e. The quantitative estimate of drug-likeness (QED) is 0.175. The Bertz CT molecular complexity index is 3660. The molecule has 0 fully saturated rings. The van der Waals surface area contributed by atoms with Crippen molar-refractivity contribution in [3.05, 3.63) is 252 Å². The Morgan fingerprint density at radius 1 is 0.413 bits per heavy atom. The average Bonchev–Trinajstić information content (AvgIpc) is 3.99. The zero-order valence-corrected chi connectivity index (χ0v) is 35.1. The third-order valence-corrected chi connectivity index (χ3v) is 15.2. The van der Waals surface area contributed by atoms with Gasteiger partial charge in [0, 0.05) is 43.1 Å². The zero-order valence-electron chi connectivity index (χ0n) is 34.3. The van der Waals surface area contributed by atoms with Crippen molar-refractivity contribution in [1.82, 2.24) is 4.57 Å². The summed E-state index contributed by atoms with van der Waals surface area (Å²) in [5.41, 5.74) is 19.9. The molecule has 0 atom stereocenters. The van der Waals surface area contributed by atoms with Gasteiger partial charge in [0.25, 0.3) is 0 Å². The standard InChI is InChI=1S/C60H38N2S/c1-2-19-41(20-3-1)61-51-27-11-8-23-45(51)46-37-42(33-35-52(46)61)62(53-28-14-18-40-36-39-17-5-7-22-44(39)57(40)53)54-29-15-26-49-59(54)58-43-21-6-4-16-38(43)32-34-50(58)60(49)47-24-9-12-30-55(47)63-56-31-13-10-25-48(56)60/h1-35,37H,36H2. The summed E-state index contributed by atoms with van der Waals surface area (Å²) in [5, 5.41) is 4.99. The summed E-state index contributed by atoms with van der Waals surface area (Å²) in [7, 11) is 0. The Morgan fingerprint density at radius 3 is 1.87 bits per heavy atom. The predicted octanol–water partition coefficient (Wildman–Crippen LogP) is 15.8. The van der Waals surface area contributed by atoms with Gasteiger partial charge in [0.2, 0.25) is 0 Å². The highest BCUT2D eigenvalue weighted by atomic mass is 32.2. The normalized spacial score (nSPS) is 13.7. The summed E-state index contributed by atoms with van der Waals surface area (Å²) in [6, 6.07) is 81.9. The van der Waals surface area contributed by atoms with Crippen molar-refractivity contribution in [1.29, 1.82) is 0 Å². The van der Waals surface area contributed by atoms with Crippen molar-refractivity contribution < 1.29 is 0 Å². The SMILES string of the molecule is c1ccc(-n2c3ccccc3c3cc(N(c4cccc5c4-c4ccccc4C5)c4cccc5c4-c4c(ccc6ccccc46)C54c5ccccc5Sc5ccccc54)ccc32)cc1. The van der Waals surface area contributed by atoms with Crippen molar-refractivity contribution in [3.63, 3.8) is 0 Å². The van der Waals surface area contributed by atoms with E-state index >= 15 is 0 Å². The summed E-state index contributed by atoms with van der Waals surface area (Å²) in [4.78, 5) is 5.22. The molecule has 2 aliphatic carbocycles. The van der Waals surface area contributed by atoms with E-state index in [1.54, 1.807) is 0 Å². The Hall–Kier alpha value is -7.59. The molecule has 1 spiro atoms. The Morgan fingerprint density at radius 2 is 1.03 bits per heavy atom. The molecule has 3 heteroatoms. The van der Waals surface area contributed by atoms with Crippen molar-refractivity contribution in [2.45, 2.75) is 21.6 Å². The summed E-state index contributed by atoms with van der Waals surface area (Å²) in [6.45, 7) is 0. The molecule has 0 saturated heterocycles. The molecule has 10 aromatic carbocycles. The number of hydrogen-bond acceptors (Lipinski definition) is 2. The molecule has 0 radical (unpaired) electrons. The Labute approximate surface area is 370 Å². The van der Waals surface area contributed by atoms with E-state index in [0.717, 1.165) is 17.8 Å². The summed E-state index contributed by atoms with van der Waals surface area (Å²) in [6.07, 6.45) is 0.922. The second-order valence-corrected chi connectivity index (χ2v) is 18.2. The first-order chi connectivity index (χ1) is 31.3. The number of benzene rings is 10. The molecule has 63 heavy (non-hydrogen) atoms. The van der Waals surface area contributed by atoms with E-state index in [2.05, 4.69) is 228 Å². The van der Waals surface area contributed by atoms with Gasteiger partial charge in [0.15, 0.2) is 0 Å². The molecule has 294 valence electrons. The Balaban J connectivity index is 1.13. The fourth-order valence-electron chi connectivity index (χ4n) is 11.6. The summed E-state index contributed by atoms with van der Waals surface area (Å²) < 4.78 is 2.41. The molecule has 1 aromatic heterocycles. The molecule has 0 amide bonds. The van der Waals surface area contributed by atoms with Crippen LogP contribution in [0.2, 0.25) is 0 Å². The lowest BCUT2D eigenvalue weighted by Gasteiger charge is -2.40. The van der Waals surface area contributed by atoms with Crippen LogP contribution in [-0.4, -0.2) is 4.57 Å². The molecule has 0 saturated carbocycles. The number of para-hydroxylation sites is 2. The average molecular weight is 819 g/mol. The van der Waals surface area contributed by atoms with Gasteiger partial charge in [-0.25, -0.2) is 0 Å². The largest absolute Gasteiger partial charge is 0.309 e. The second-order valence-electron chi connectivity index (χ2n) is 17.1. The molecule has 1 aliphatic heterocycles. The molecule has 2 heterocycles. The van der Waals surface area contributed by atoms with Gasteiger partial charge in [0.05, 0.1) is 27.8 Å². The van der Waals surface area contributed by atoms with E-state index in [1.807, 2.05) is 11.8 Å². The molecule has 0 unspecified atom stereocenters. The van der Waals surface area contributed by atoms with Gasteiger partial charge in [-0.15, -0.1) is 0 Å². The highest BCUT2D eigenvalue weighted by Crippen LogP contribution is 2.65. The van der Waals surface area contributed by atoms with Gasteiger partial charge >= 0.3 is 0 Å². The zero-order chi connectivity index (χ0) is 41.2. The molecule has 3 aliphatic rings. The minimum atomic E-state index is -0.521. The van der Waals surface area contributed by atoms with Crippen LogP contribution in [0.1, 0.15) is 33.4 Å². The van der Waals surface area contributed by atoms with E-state index in [1.165, 1.54) is 109 Å². The van der Waals surface area contributed by atoms with Crippen LogP contribution in [0.3, 0.4) is 0 Å². The topological polar surface area (TPSA) is 8.17 Å². The van der Waals surface area contributed by atoms with Crippen molar-refractivity contribution in [2.75, 3.05) is 4.90 Å². The smallest absolute Gasteiger partial charge is 0.0736 e. The maximum Gasteiger partial charge on any atom is 0.0736 e. The minimum absolute atomic E-state index is 0.521. The first-order valence-corrected chi connectivity index (χ1v) is 22.7. The molecule has 11 aromatic rings. The van der Waals surface area contributed by atoms with Crippen LogP contribution in [-0.2, 0) is 11.8 Å². The first-order valence-electron chi connectivity index (χ1n) is 21.9. The third-order valence-electron chi connectivity index (χ3n) is 14.0. The van der Waals surface area contributed by atoms with Crippen LogP contribution < -0.4 is 4.90 Å².